The van der Waals surface area contributed by atoms with Crippen LogP contribution < -0.4 is 11.1 Å². The average Bonchev–Trinajstić information content (AvgIpc) is 2.74. The fourth-order valence-electron chi connectivity index (χ4n) is 1.80. The van der Waals surface area contributed by atoms with E-state index >= 15 is 0 Å². The van der Waals surface area contributed by atoms with Crippen molar-refractivity contribution < 1.29 is 13.6 Å². The van der Waals surface area contributed by atoms with Gasteiger partial charge < -0.3 is 16.0 Å². The minimum atomic E-state index is -2.53. The van der Waals surface area contributed by atoms with Crippen LogP contribution in [-0.4, -0.2) is 53.2 Å². The average molecular weight is 289 g/mol. The van der Waals surface area contributed by atoms with Gasteiger partial charge in [-0.3, -0.25) is 9.48 Å². The van der Waals surface area contributed by atoms with Gasteiger partial charge in [-0.05, 0) is 13.1 Å². The van der Waals surface area contributed by atoms with Crippen molar-refractivity contribution in [3.05, 3.63) is 11.9 Å². The highest BCUT2D eigenvalue weighted by molar-refractivity contribution is 5.96. The van der Waals surface area contributed by atoms with Crippen molar-refractivity contribution >= 4 is 11.6 Å². The van der Waals surface area contributed by atoms with E-state index in [1.165, 1.54) is 6.20 Å². The Labute approximate surface area is 116 Å². The second-order valence-electron chi connectivity index (χ2n) is 4.33. The molecule has 0 saturated heterocycles. The molecule has 1 rings (SSSR count). The third-order valence-electron chi connectivity index (χ3n) is 2.94. The molecular weight excluding hydrogens is 268 g/mol. The molecule has 1 amide bonds. The molecule has 3 N–H and O–H groups in total. The van der Waals surface area contributed by atoms with Crippen molar-refractivity contribution in [2.45, 2.75) is 26.8 Å². The Kier molecular flexibility index (Phi) is 6.37. The molecule has 6 nitrogen and oxygen atoms in total. The summed E-state index contributed by atoms with van der Waals surface area (Å²) in [6.45, 7) is 6.48. The molecule has 0 bridgehead atoms. The molecule has 0 fully saturated rings. The molecule has 1 aromatic heterocycles. The van der Waals surface area contributed by atoms with Crippen molar-refractivity contribution in [1.29, 1.82) is 0 Å². The molecule has 0 aromatic carbocycles. The Morgan fingerprint density at radius 1 is 1.50 bits per heavy atom. The van der Waals surface area contributed by atoms with Crippen molar-refractivity contribution in [2.24, 2.45) is 0 Å². The summed E-state index contributed by atoms with van der Waals surface area (Å²) in [5.74, 6) is -0.442. The number of amides is 1. The van der Waals surface area contributed by atoms with Crippen LogP contribution in [0.25, 0.3) is 0 Å². The number of likely N-dealkylation sites (N-methyl/N-ethyl adjacent to an activating group) is 1. The topological polar surface area (TPSA) is 76.2 Å². The second-order valence-corrected chi connectivity index (χ2v) is 4.33. The Morgan fingerprint density at radius 3 is 2.70 bits per heavy atom. The van der Waals surface area contributed by atoms with E-state index in [0.29, 0.717) is 6.54 Å². The monoisotopic (exact) mass is 289 g/mol. The normalized spacial score (nSPS) is 11.3. The molecule has 0 aliphatic heterocycles. The van der Waals surface area contributed by atoms with Crippen LogP contribution in [0.2, 0.25) is 0 Å². The number of nitrogen functional groups attached to an aromatic ring is 1. The van der Waals surface area contributed by atoms with Crippen LogP contribution >= 0.6 is 0 Å². The van der Waals surface area contributed by atoms with Gasteiger partial charge in [0.25, 0.3) is 12.3 Å². The first-order valence-corrected chi connectivity index (χ1v) is 6.59. The number of rotatable bonds is 8. The minimum Gasteiger partial charge on any atom is -0.396 e. The number of carbonyl (C=O) groups excluding carboxylic acids is 1. The molecule has 0 saturated carbocycles. The standard InChI is InChI=1S/C12H21F2N5O/c1-3-18(4-2)6-5-16-12(20)11-9(15)7-19(17-11)8-10(13)14/h7,10H,3-6,8,15H2,1-2H3,(H,16,20). The zero-order valence-corrected chi connectivity index (χ0v) is 11.8. The smallest absolute Gasteiger partial charge is 0.273 e. The summed E-state index contributed by atoms with van der Waals surface area (Å²) >= 11 is 0. The van der Waals surface area contributed by atoms with Crippen molar-refractivity contribution in [1.82, 2.24) is 20.0 Å². The number of nitrogens with zero attached hydrogens (tertiary/aromatic N) is 3. The molecule has 0 unspecified atom stereocenters. The van der Waals surface area contributed by atoms with E-state index in [1.807, 2.05) is 13.8 Å². The lowest BCUT2D eigenvalue weighted by atomic mass is 10.3. The van der Waals surface area contributed by atoms with E-state index < -0.39 is 18.9 Å². The first-order valence-electron chi connectivity index (χ1n) is 6.59. The maximum absolute atomic E-state index is 12.2. The molecule has 1 aromatic rings. The summed E-state index contributed by atoms with van der Waals surface area (Å²) in [4.78, 5) is 14.0. The van der Waals surface area contributed by atoms with Gasteiger partial charge in [-0.1, -0.05) is 13.8 Å². The number of hydrogen-bond acceptors (Lipinski definition) is 4. The van der Waals surface area contributed by atoms with Crippen molar-refractivity contribution in [3.63, 3.8) is 0 Å². The van der Waals surface area contributed by atoms with Crippen LogP contribution in [0.1, 0.15) is 24.3 Å². The predicted octanol–water partition coefficient (Wildman–Crippen LogP) is 0.802. The van der Waals surface area contributed by atoms with Crippen LogP contribution in [-0.2, 0) is 6.54 Å². The molecule has 20 heavy (non-hydrogen) atoms. The quantitative estimate of drug-likeness (QED) is 0.742. The summed E-state index contributed by atoms with van der Waals surface area (Å²) in [5.41, 5.74) is 5.70. The van der Waals surface area contributed by atoms with Gasteiger partial charge in [0.05, 0.1) is 5.69 Å². The number of nitrogens with two attached hydrogens (primary N) is 1. The van der Waals surface area contributed by atoms with Gasteiger partial charge in [0.1, 0.15) is 6.54 Å². The molecule has 0 aliphatic carbocycles. The molecule has 0 atom stereocenters. The number of halogens is 2. The summed E-state index contributed by atoms with van der Waals surface area (Å²) < 4.78 is 25.4. The summed E-state index contributed by atoms with van der Waals surface area (Å²) in [6.07, 6.45) is -1.29. The Hall–Kier alpha value is -1.70. The highest BCUT2D eigenvalue weighted by atomic mass is 19.3. The van der Waals surface area contributed by atoms with Crippen LogP contribution in [0.5, 0.6) is 0 Å². The van der Waals surface area contributed by atoms with Crippen molar-refractivity contribution in [3.8, 4) is 0 Å². The number of carbonyl (C=O) groups is 1. The SMILES string of the molecule is CCN(CC)CCNC(=O)c1nn(CC(F)F)cc1N. The highest BCUT2D eigenvalue weighted by Gasteiger charge is 2.16. The van der Waals surface area contributed by atoms with Crippen LogP contribution in [0.3, 0.4) is 0 Å². The maximum Gasteiger partial charge on any atom is 0.273 e. The molecule has 0 spiro atoms. The highest BCUT2D eigenvalue weighted by Crippen LogP contribution is 2.10. The summed E-state index contributed by atoms with van der Waals surface area (Å²) in [7, 11) is 0. The number of aromatic nitrogens is 2. The Bertz CT molecular complexity index is 431. The molecule has 1 heterocycles. The van der Waals surface area contributed by atoms with Gasteiger partial charge in [-0.25, -0.2) is 8.78 Å². The van der Waals surface area contributed by atoms with E-state index in [2.05, 4.69) is 15.3 Å². The third-order valence-corrected chi connectivity index (χ3v) is 2.94. The van der Waals surface area contributed by atoms with Gasteiger partial charge in [0.15, 0.2) is 5.69 Å². The first kappa shape index (κ1) is 16.4. The fourth-order valence-corrected chi connectivity index (χ4v) is 1.80. The summed E-state index contributed by atoms with van der Waals surface area (Å²) in [5, 5.41) is 6.46. The lowest BCUT2D eigenvalue weighted by molar-refractivity contribution is 0.0939. The van der Waals surface area contributed by atoms with Gasteiger partial charge in [-0.15, -0.1) is 0 Å². The van der Waals surface area contributed by atoms with Crippen LogP contribution in [0.15, 0.2) is 6.20 Å². The van der Waals surface area contributed by atoms with E-state index in [1.54, 1.807) is 0 Å². The van der Waals surface area contributed by atoms with Gasteiger partial charge in [0, 0.05) is 19.3 Å². The molecule has 8 heteroatoms. The van der Waals surface area contributed by atoms with Crippen LogP contribution in [0.4, 0.5) is 14.5 Å². The molecule has 114 valence electrons. The number of nitrogens with one attached hydrogen (secondary N) is 1. The van der Waals surface area contributed by atoms with E-state index in [0.717, 1.165) is 24.3 Å². The number of anilines is 1. The zero-order valence-electron chi connectivity index (χ0n) is 11.8. The van der Waals surface area contributed by atoms with Crippen LogP contribution in [0, 0.1) is 0 Å². The Morgan fingerprint density at radius 2 is 2.15 bits per heavy atom. The third kappa shape index (κ3) is 4.76. The predicted molar refractivity (Wildman–Crippen MR) is 72.8 cm³/mol. The van der Waals surface area contributed by atoms with Crippen molar-refractivity contribution in [2.75, 3.05) is 31.9 Å². The lowest BCUT2D eigenvalue weighted by Crippen LogP contribution is -2.35. The maximum atomic E-state index is 12.2. The molecule has 0 radical (unpaired) electrons. The largest absolute Gasteiger partial charge is 0.396 e. The minimum absolute atomic E-state index is 0.00908. The Balaban J connectivity index is 2.53. The zero-order chi connectivity index (χ0) is 15.1. The first-order chi connectivity index (χ1) is 9.47. The van der Waals surface area contributed by atoms with Gasteiger partial charge in [-0.2, -0.15) is 5.10 Å². The van der Waals surface area contributed by atoms with E-state index in [-0.39, 0.29) is 11.4 Å². The van der Waals surface area contributed by atoms with Gasteiger partial charge in [0.2, 0.25) is 0 Å². The van der Waals surface area contributed by atoms with E-state index in [4.69, 9.17) is 5.73 Å². The van der Waals surface area contributed by atoms with Gasteiger partial charge >= 0.3 is 0 Å². The fraction of sp³-hybridized carbons (Fsp3) is 0.667. The number of hydrogen-bond donors (Lipinski definition) is 2. The second kappa shape index (κ2) is 7.78. The molecule has 0 aliphatic rings. The lowest BCUT2D eigenvalue weighted by Gasteiger charge is -2.17. The number of alkyl halides is 2. The summed E-state index contributed by atoms with van der Waals surface area (Å²) in [6, 6.07) is 0. The molecular formula is C12H21F2N5O. The van der Waals surface area contributed by atoms with E-state index in [9.17, 15) is 13.6 Å².